The Balaban J connectivity index is 0.947. The Morgan fingerprint density at radius 2 is 0.485 bits per heavy atom. The van der Waals surface area contributed by atoms with Crippen molar-refractivity contribution in [2.75, 3.05) is 59.5 Å². The van der Waals surface area contributed by atoms with Crippen LogP contribution in [-0.4, -0.2) is 569 Å². The van der Waals surface area contributed by atoms with Crippen molar-refractivity contribution in [3.05, 3.63) is 0 Å². The number of carbonyl (C=O) groups excluding carboxylic acids is 4. The molecule has 11 rings (SSSR count). The van der Waals surface area contributed by atoms with Gasteiger partial charge in [-0.2, -0.15) is 0 Å². The molecule has 58 nitrogen and oxygen atoms in total. The lowest BCUT2D eigenvalue weighted by atomic mass is 9.93. The standard InChI is InChI=1S/C74H124N4O54/c1-16-35(90)45(100)51(106)68(114-16)112-15-30-58(42(97)31(64(111)116-30)75-18(3)86)125-65-32(76-19(4)87)43(98)57(27(12-84)121-65)127-72-55(110)61(130-74-63(50(105)40(95)25(10-82)120-74)132-66-33(77-20(5)88)44(99)56(26(11-83)122-66)126-70-53(108)47(102)37(92)22(7-79)117-70)41(96)29(124-72)14-113-73-62(49(104)39(94)24(9-81)119-73)131-67-34(78-21(6)89)60(129-69-52(107)46(101)36(91)17(2)115-69)59(28(13-85)123-67)128-71-54(109)48(103)38(93)23(8-80)118-71/h16-17,22-74,79-85,90-111H,7-15H2,1-6H3,(H,75,86)(H,76,87)(H,77,88)(H,78,89)/t16-,17-,22+,23+,24+,25+,26+,27+,28+,29+,30+,31+,32+,33+,34+,35+,36+,37-,38-,39+,40+,41+,42+,43+,44+,45+,46+,47-,48-,49-,50-,51-,52-,53+,54+,55-,56+,57+,58+,59+,60+,61-,62-,63-,64?,65-,66-,67-,68+,69-,70-,71-,72-,73-,74+/m0/s1. The highest BCUT2D eigenvalue weighted by molar-refractivity contribution is 5.74. The van der Waals surface area contributed by atoms with E-state index in [1.807, 2.05) is 0 Å². The smallest absolute Gasteiger partial charge is 0.217 e. The van der Waals surface area contributed by atoms with Gasteiger partial charge in [-0.3, -0.25) is 19.2 Å². The molecule has 0 bridgehead atoms. The van der Waals surface area contributed by atoms with Gasteiger partial charge in [0.05, 0.1) is 71.7 Å². The lowest BCUT2D eigenvalue weighted by molar-refractivity contribution is -0.400. The van der Waals surface area contributed by atoms with E-state index in [1.54, 1.807) is 0 Å². The molecule has 764 valence electrons. The summed E-state index contributed by atoms with van der Waals surface area (Å²) < 4.78 is 126. The van der Waals surface area contributed by atoms with Gasteiger partial charge in [0.15, 0.2) is 69.2 Å². The van der Waals surface area contributed by atoms with E-state index in [0.29, 0.717) is 0 Å². The summed E-state index contributed by atoms with van der Waals surface area (Å²) in [7, 11) is 0. The van der Waals surface area contributed by atoms with Gasteiger partial charge in [0.25, 0.3) is 0 Å². The molecule has 0 aromatic heterocycles. The van der Waals surface area contributed by atoms with Crippen LogP contribution in [0.4, 0.5) is 0 Å². The molecule has 33 N–H and O–H groups in total. The molecular weight excluding hydrogens is 1810 g/mol. The first kappa shape index (κ1) is 108. The molecule has 58 heteroatoms. The number of ether oxygens (including phenoxy) is 21. The molecule has 0 radical (unpaired) electrons. The number of aliphatic hydroxyl groups is 29. The summed E-state index contributed by atoms with van der Waals surface area (Å²) in [5.41, 5.74) is 0. The van der Waals surface area contributed by atoms with E-state index >= 15 is 0 Å². The Kier molecular flexibility index (Phi) is 38.5. The Labute approximate surface area is 748 Å². The highest BCUT2D eigenvalue weighted by Gasteiger charge is 2.63. The maximum Gasteiger partial charge on any atom is 0.217 e. The lowest BCUT2D eigenvalue weighted by Crippen LogP contribution is -2.71. The van der Waals surface area contributed by atoms with E-state index in [-0.39, 0.29) is 0 Å². The predicted molar refractivity (Wildman–Crippen MR) is 406 cm³/mol. The van der Waals surface area contributed by atoms with Crippen molar-refractivity contribution in [2.24, 2.45) is 0 Å². The minimum atomic E-state index is -2.67. The van der Waals surface area contributed by atoms with Gasteiger partial charge >= 0.3 is 0 Å². The zero-order valence-electron chi connectivity index (χ0n) is 71.3. The van der Waals surface area contributed by atoms with Gasteiger partial charge < -0.3 is 269 Å². The third-order valence-electron chi connectivity index (χ3n) is 24.5. The quantitative estimate of drug-likeness (QED) is 0.0290. The molecule has 11 saturated heterocycles. The predicted octanol–water partition coefficient (Wildman–Crippen LogP) is -22.3. The highest BCUT2D eigenvalue weighted by atomic mass is 16.8. The van der Waals surface area contributed by atoms with Crippen molar-refractivity contribution in [1.29, 1.82) is 0 Å². The number of amides is 4. The average molecular weight is 1930 g/mol. The Bertz CT molecular complexity index is 3610. The Morgan fingerprint density at radius 3 is 0.924 bits per heavy atom. The fourth-order valence-corrected chi connectivity index (χ4v) is 17.2. The summed E-state index contributed by atoms with van der Waals surface area (Å²) in [6.45, 7) is -4.07. The van der Waals surface area contributed by atoms with Crippen molar-refractivity contribution in [2.45, 2.75) is 379 Å². The molecule has 0 spiro atoms. The molecule has 1 unspecified atom stereocenters. The van der Waals surface area contributed by atoms with E-state index in [0.717, 1.165) is 27.7 Å². The lowest BCUT2D eigenvalue weighted by Gasteiger charge is -2.51. The molecule has 11 aliphatic heterocycles. The van der Waals surface area contributed by atoms with Crippen LogP contribution in [0, 0.1) is 0 Å². The minimum absolute atomic E-state index is 0.860. The van der Waals surface area contributed by atoms with Crippen molar-refractivity contribution in [3.8, 4) is 0 Å². The van der Waals surface area contributed by atoms with E-state index in [2.05, 4.69) is 21.3 Å². The van der Waals surface area contributed by atoms with Crippen LogP contribution < -0.4 is 21.3 Å². The van der Waals surface area contributed by atoms with Crippen LogP contribution in [-0.2, 0) is 119 Å². The normalized spacial score (nSPS) is 50.4. The van der Waals surface area contributed by atoms with Crippen LogP contribution in [0.15, 0.2) is 0 Å². The molecule has 132 heavy (non-hydrogen) atoms. The number of aliphatic hydroxyl groups excluding tert-OH is 29. The third-order valence-corrected chi connectivity index (χ3v) is 24.5. The first-order valence-electron chi connectivity index (χ1n) is 42.4. The fourth-order valence-electron chi connectivity index (χ4n) is 17.2. The van der Waals surface area contributed by atoms with Gasteiger partial charge in [-0.1, -0.05) is 0 Å². The van der Waals surface area contributed by atoms with Crippen LogP contribution in [0.25, 0.3) is 0 Å². The summed E-state index contributed by atoms with van der Waals surface area (Å²) in [6, 6.07) is -7.89. The topological polar surface area (TPSA) is 897 Å². The van der Waals surface area contributed by atoms with Gasteiger partial charge in [0, 0.05) is 27.7 Å². The molecular formula is C74H124N4O54. The van der Waals surface area contributed by atoms with E-state index < -0.39 is 421 Å². The SMILES string of the molecule is CC(=O)N[C@H]1[C@H](O[C@H]2[C@H](O)[C@@H](NC(C)=O)C(O)O[C@@H]2CO[C@@H]2O[C@@H](C)[C@@H](O)[C@@H](O)[C@@H]2O)O[C@H](CO)[C@@H](O[C@@H]2O[C@H](CO[C@H]3O[C@H](CO)[C@@H](O)[C@H](O)[C@@H]3O[C@@H]3O[C@H](CO)[C@@H](O[C@@H]4O[C@H](CO)[C@H](O)[C@H](O)[C@H]4O)[C@H](O[C@@H]4O[C@@H](C)[C@@H](O)[C@@H](O)[C@@H]4O)[C@H]3NC(C)=O)[C@@H](O)[C@H](O[C@H]3O[C@H](CO)[C@@H](O)[C@H](O)[C@@H]3O[C@@H]3O[C@H](CO)[C@@H](O[C@@H]4O[C@H](CO)[C@H](O)[C@H](O)[C@H]4O)[C@H](O)[C@H]3NC(C)=O)[C@@H]2O)[C@@H]1O. The van der Waals surface area contributed by atoms with Gasteiger partial charge in [-0.15, -0.1) is 0 Å². The van der Waals surface area contributed by atoms with Crippen LogP contribution >= 0.6 is 0 Å². The Morgan fingerprint density at radius 1 is 0.212 bits per heavy atom. The summed E-state index contributed by atoms with van der Waals surface area (Å²) >= 11 is 0. The summed E-state index contributed by atoms with van der Waals surface area (Å²) in [6.07, 6.45) is -107. The largest absolute Gasteiger partial charge is 0.394 e. The molecule has 4 amide bonds. The average Bonchev–Trinajstić information content (AvgIpc) is 0.765. The molecule has 0 aromatic carbocycles. The van der Waals surface area contributed by atoms with E-state index in [4.69, 9.17) is 99.5 Å². The van der Waals surface area contributed by atoms with E-state index in [1.165, 1.54) is 13.8 Å². The second-order valence-electron chi connectivity index (χ2n) is 33.8. The van der Waals surface area contributed by atoms with Crippen LogP contribution in [0.3, 0.4) is 0 Å². The molecule has 11 aliphatic rings. The maximum atomic E-state index is 13.5. The monoisotopic (exact) mass is 1930 g/mol. The van der Waals surface area contributed by atoms with E-state index in [9.17, 15) is 167 Å². The number of carbonyl (C=O) groups is 4. The van der Waals surface area contributed by atoms with Crippen molar-refractivity contribution in [3.63, 3.8) is 0 Å². The van der Waals surface area contributed by atoms with Crippen molar-refractivity contribution < 1.29 is 267 Å². The zero-order chi connectivity index (χ0) is 97.1. The third kappa shape index (κ3) is 23.7. The molecule has 11 heterocycles. The Hall–Kier alpha value is -4.12. The summed E-state index contributed by atoms with van der Waals surface area (Å²) in [5, 5.41) is 335. The fraction of sp³-hybridized carbons (Fsp3) is 0.946. The van der Waals surface area contributed by atoms with Crippen LogP contribution in [0.2, 0.25) is 0 Å². The molecule has 0 aliphatic carbocycles. The number of nitrogens with one attached hydrogen (secondary N) is 4. The van der Waals surface area contributed by atoms with Crippen molar-refractivity contribution in [1.82, 2.24) is 21.3 Å². The minimum Gasteiger partial charge on any atom is -0.394 e. The molecule has 11 fully saturated rings. The summed E-state index contributed by atoms with van der Waals surface area (Å²) in [5.74, 6) is -3.89. The zero-order valence-corrected chi connectivity index (χ0v) is 71.3. The van der Waals surface area contributed by atoms with Gasteiger partial charge in [-0.25, -0.2) is 0 Å². The number of rotatable bonds is 33. The van der Waals surface area contributed by atoms with Gasteiger partial charge in [0.2, 0.25) is 23.6 Å². The highest BCUT2D eigenvalue weighted by Crippen LogP contribution is 2.42. The van der Waals surface area contributed by atoms with Gasteiger partial charge in [-0.05, 0) is 13.8 Å². The first-order chi connectivity index (χ1) is 62.4. The second kappa shape index (κ2) is 47.0. The molecule has 0 aromatic rings. The molecule has 0 saturated carbocycles. The number of hydrogen-bond donors (Lipinski definition) is 33. The first-order valence-corrected chi connectivity index (χ1v) is 42.4. The van der Waals surface area contributed by atoms with Gasteiger partial charge in [0.1, 0.15) is 256 Å². The summed E-state index contributed by atoms with van der Waals surface area (Å²) in [4.78, 5) is 52.5. The number of hydrogen-bond acceptors (Lipinski definition) is 54. The van der Waals surface area contributed by atoms with Crippen molar-refractivity contribution >= 4 is 23.6 Å². The van der Waals surface area contributed by atoms with Crippen LogP contribution in [0.1, 0.15) is 41.5 Å². The molecule has 55 atom stereocenters. The maximum absolute atomic E-state index is 13.5. The second-order valence-corrected chi connectivity index (χ2v) is 33.8. The van der Waals surface area contributed by atoms with Crippen LogP contribution in [0.5, 0.6) is 0 Å².